The zero-order chi connectivity index (χ0) is 47.0. The highest BCUT2D eigenvalue weighted by Gasteiger charge is 2.19. The molecular weight excluding hydrogens is 793 g/mol. The standard InChI is InChI=1S/C58H112O6/c1-7-52(4)44-38-32-26-20-18-16-14-12-10-11-13-15-17-19-21-29-35-41-47-56(59)62-50-55(64-58(61)49-43-37-31-25-23-28-34-40-46-54(6)9-3)51-63-57(60)48-42-36-30-24-22-27-33-39-45-53(5)8-2/h52-55H,7-51H2,1-6H3/t52?,53?,54?,55-/m0/s1. The molecule has 0 amide bonds. The van der Waals surface area contributed by atoms with E-state index in [0.717, 1.165) is 75.5 Å². The Hall–Kier alpha value is -1.59. The lowest BCUT2D eigenvalue weighted by Crippen LogP contribution is -2.30. The SMILES string of the molecule is CCC(C)CCCCCCCCCCCCCCCCCCCCC(=O)OC[C@@H](COC(=O)CCCCCCCCCCC(C)CC)OC(=O)CCCCCCCCCCC(C)CC. The minimum absolute atomic E-state index is 0.0645. The third-order valence-corrected chi connectivity index (χ3v) is 14.2. The Kier molecular flexibility index (Phi) is 48.1. The van der Waals surface area contributed by atoms with Crippen LogP contribution in [-0.2, 0) is 28.6 Å². The van der Waals surface area contributed by atoms with Gasteiger partial charge < -0.3 is 14.2 Å². The number of esters is 3. The van der Waals surface area contributed by atoms with Crippen molar-refractivity contribution in [2.45, 2.75) is 324 Å². The van der Waals surface area contributed by atoms with Crippen LogP contribution >= 0.6 is 0 Å². The molecule has 0 saturated carbocycles. The Morgan fingerprint density at radius 1 is 0.297 bits per heavy atom. The zero-order valence-electron chi connectivity index (χ0n) is 44.1. The second-order valence-electron chi connectivity index (χ2n) is 20.7. The molecule has 380 valence electrons. The summed E-state index contributed by atoms with van der Waals surface area (Å²) in [7, 11) is 0. The van der Waals surface area contributed by atoms with Gasteiger partial charge in [0, 0.05) is 19.3 Å². The lowest BCUT2D eigenvalue weighted by Gasteiger charge is -2.18. The van der Waals surface area contributed by atoms with Gasteiger partial charge >= 0.3 is 17.9 Å². The average Bonchev–Trinajstić information content (AvgIpc) is 3.29. The van der Waals surface area contributed by atoms with Gasteiger partial charge in [-0.05, 0) is 37.0 Å². The first-order chi connectivity index (χ1) is 31.2. The van der Waals surface area contributed by atoms with Crippen LogP contribution in [0.25, 0.3) is 0 Å². The van der Waals surface area contributed by atoms with Gasteiger partial charge in [-0.15, -0.1) is 0 Å². The highest BCUT2D eigenvalue weighted by molar-refractivity contribution is 5.71. The molecule has 0 aromatic heterocycles. The summed E-state index contributed by atoms with van der Waals surface area (Å²) >= 11 is 0. The number of carbonyl (C=O) groups excluding carboxylic acids is 3. The van der Waals surface area contributed by atoms with E-state index >= 15 is 0 Å². The Bertz CT molecular complexity index is 997. The van der Waals surface area contributed by atoms with E-state index in [9.17, 15) is 14.4 Å². The van der Waals surface area contributed by atoms with E-state index in [1.807, 2.05) is 0 Å². The maximum atomic E-state index is 12.8. The fourth-order valence-electron chi connectivity index (χ4n) is 8.73. The van der Waals surface area contributed by atoms with Crippen LogP contribution in [0.15, 0.2) is 0 Å². The first-order valence-corrected chi connectivity index (χ1v) is 28.7. The third kappa shape index (κ3) is 46.9. The first kappa shape index (κ1) is 62.4. The molecular formula is C58H112O6. The lowest BCUT2D eigenvalue weighted by atomic mass is 9.99. The molecule has 0 aromatic rings. The van der Waals surface area contributed by atoms with Gasteiger partial charge in [0.2, 0.25) is 0 Å². The molecule has 0 heterocycles. The van der Waals surface area contributed by atoms with Gasteiger partial charge in [0.05, 0.1) is 0 Å². The van der Waals surface area contributed by atoms with Crippen LogP contribution in [0.2, 0.25) is 0 Å². The Morgan fingerprint density at radius 3 is 0.734 bits per heavy atom. The summed E-state index contributed by atoms with van der Waals surface area (Å²) in [6.07, 6.45) is 50.9. The van der Waals surface area contributed by atoms with Gasteiger partial charge in [-0.2, -0.15) is 0 Å². The first-order valence-electron chi connectivity index (χ1n) is 28.7. The molecule has 0 aromatic carbocycles. The van der Waals surface area contributed by atoms with E-state index < -0.39 is 6.10 Å². The van der Waals surface area contributed by atoms with Crippen LogP contribution in [0.1, 0.15) is 318 Å². The third-order valence-electron chi connectivity index (χ3n) is 14.2. The summed E-state index contributed by atoms with van der Waals surface area (Å²) in [5.74, 6) is 1.75. The predicted molar refractivity (Wildman–Crippen MR) is 275 cm³/mol. The van der Waals surface area contributed by atoms with Gasteiger partial charge in [-0.25, -0.2) is 0 Å². The van der Waals surface area contributed by atoms with Crippen molar-refractivity contribution in [3.05, 3.63) is 0 Å². The molecule has 0 N–H and O–H groups in total. The summed E-state index contributed by atoms with van der Waals surface area (Å²) in [5.41, 5.74) is 0. The van der Waals surface area contributed by atoms with Gasteiger partial charge in [-0.1, -0.05) is 279 Å². The van der Waals surface area contributed by atoms with Gasteiger partial charge in [0.15, 0.2) is 6.10 Å². The quantitative estimate of drug-likeness (QED) is 0.0344. The molecule has 6 heteroatoms. The van der Waals surface area contributed by atoms with E-state index in [0.29, 0.717) is 19.3 Å². The summed E-state index contributed by atoms with van der Waals surface area (Å²) < 4.78 is 16.9. The van der Waals surface area contributed by atoms with Crippen LogP contribution in [0, 0.1) is 17.8 Å². The summed E-state index contributed by atoms with van der Waals surface area (Å²) in [6, 6.07) is 0. The largest absolute Gasteiger partial charge is 0.462 e. The summed E-state index contributed by atoms with van der Waals surface area (Å²) in [5, 5.41) is 0. The van der Waals surface area contributed by atoms with E-state index in [-0.39, 0.29) is 31.1 Å². The van der Waals surface area contributed by atoms with Crippen LogP contribution in [0.3, 0.4) is 0 Å². The Labute approximate surface area is 399 Å². The lowest BCUT2D eigenvalue weighted by molar-refractivity contribution is -0.167. The minimum Gasteiger partial charge on any atom is -0.462 e. The molecule has 0 rings (SSSR count). The molecule has 0 aliphatic carbocycles. The smallest absolute Gasteiger partial charge is 0.306 e. The highest BCUT2D eigenvalue weighted by Crippen LogP contribution is 2.19. The van der Waals surface area contributed by atoms with Crippen LogP contribution in [0.5, 0.6) is 0 Å². The van der Waals surface area contributed by atoms with E-state index in [1.54, 1.807) is 0 Å². The molecule has 0 saturated heterocycles. The topological polar surface area (TPSA) is 78.9 Å². The van der Waals surface area contributed by atoms with Crippen molar-refractivity contribution in [3.8, 4) is 0 Å². The molecule has 0 fully saturated rings. The van der Waals surface area contributed by atoms with Crippen molar-refractivity contribution in [2.75, 3.05) is 13.2 Å². The number of hydrogen-bond donors (Lipinski definition) is 0. The Balaban J connectivity index is 4.22. The predicted octanol–water partition coefficient (Wildman–Crippen LogP) is 18.7. The van der Waals surface area contributed by atoms with E-state index in [2.05, 4.69) is 41.5 Å². The van der Waals surface area contributed by atoms with E-state index in [1.165, 1.54) is 199 Å². The summed E-state index contributed by atoms with van der Waals surface area (Å²) in [4.78, 5) is 38.1. The fraction of sp³-hybridized carbons (Fsp3) is 0.948. The van der Waals surface area contributed by atoms with Crippen molar-refractivity contribution < 1.29 is 28.6 Å². The number of carbonyl (C=O) groups is 3. The van der Waals surface area contributed by atoms with Crippen LogP contribution in [0.4, 0.5) is 0 Å². The van der Waals surface area contributed by atoms with Gasteiger partial charge in [0.1, 0.15) is 13.2 Å². The molecule has 0 aliphatic rings. The van der Waals surface area contributed by atoms with Gasteiger partial charge in [0.25, 0.3) is 0 Å². The van der Waals surface area contributed by atoms with Crippen LogP contribution in [-0.4, -0.2) is 37.2 Å². The van der Waals surface area contributed by atoms with Crippen molar-refractivity contribution >= 4 is 17.9 Å². The molecule has 4 atom stereocenters. The molecule has 64 heavy (non-hydrogen) atoms. The Morgan fingerprint density at radius 2 is 0.500 bits per heavy atom. The van der Waals surface area contributed by atoms with Crippen molar-refractivity contribution in [3.63, 3.8) is 0 Å². The minimum atomic E-state index is -0.764. The molecule has 6 nitrogen and oxygen atoms in total. The maximum absolute atomic E-state index is 12.8. The van der Waals surface area contributed by atoms with Crippen molar-refractivity contribution in [1.29, 1.82) is 0 Å². The van der Waals surface area contributed by atoms with Crippen LogP contribution < -0.4 is 0 Å². The molecule has 3 unspecified atom stereocenters. The van der Waals surface area contributed by atoms with E-state index in [4.69, 9.17) is 14.2 Å². The zero-order valence-corrected chi connectivity index (χ0v) is 44.1. The molecule has 0 aliphatic heterocycles. The maximum Gasteiger partial charge on any atom is 0.306 e. The normalized spacial score (nSPS) is 13.4. The van der Waals surface area contributed by atoms with Crippen molar-refractivity contribution in [1.82, 2.24) is 0 Å². The average molecular weight is 906 g/mol. The van der Waals surface area contributed by atoms with Crippen molar-refractivity contribution in [2.24, 2.45) is 17.8 Å². The fourth-order valence-corrected chi connectivity index (χ4v) is 8.73. The monoisotopic (exact) mass is 905 g/mol. The molecule has 0 bridgehead atoms. The number of hydrogen-bond acceptors (Lipinski definition) is 6. The second kappa shape index (κ2) is 49.3. The number of ether oxygens (including phenoxy) is 3. The highest BCUT2D eigenvalue weighted by atomic mass is 16.6. The van der Waals surface area contributed by atoms with Gasteiger partial charge in [-0.3, -0.25) is 14.4 Å². The number of unbranched alkanes of at least 4 members (excludes halogenated alkanes) is 31. The molecule has 0 spiro atoms. The summed E-state index contributed by atoms with van der Waals surface area (Å²) in [6.45, 7) is 13.8. The molecule has 0 radical (unpaired) electrons. The second-order valence-corrected chi connectivity index (χ2v) is 20.7. The number of rotatable bonds is 51.